The first-order valence-electron chi connectivity index (χ1n) is 3.48. The Morgan fingerprint density at radius 1 is 0.818 bits per heavy atom. The molecule has 0 aromatic carbocycles. The Bertz CT molecular complexity index is 35.7. The molecule has 0 radical (unpaired) electrons. The van der Waals surface area contributed by atoms with Crippen LogP contribution in [-0.4, -0.2) is 32.0 Å². The quantitative estimate of drug-likeness (QED) is 0.541. The number of hydrogen-bond donors (Lipinski definition) is 0. The average Bonchev–Trinajstić information content (AvgIpc) is 1.92. The van der Waals surface area contributed by atoms with E-state index in [9.17, 15) is 0 Å². The Hall–Kier alpha value is 3.45. The summed E-state index contributed by atoms with van der Waals surface area (Å²) < 4.78 is 0. The molecular formula is C5H12Br4Mg2. The highest BCUT2D eigenvalue weighted by Gasteiger charge is 1.68. The van der Waals surface area contributed by atoms with Crippen molar-refractivity contribution >= 4 is 83.6 Å². The maximum atomic E-state index is 3.20. The third-order valence-electron chi connectivity index (χ3n) is 0.707. The lowest BCUT2D eigenvalue weighted by Gasteiger charge is -1.79. The van der Waals surface area contributed by atoms with Gasteiger partial charge in [-0.05, 0) is 0 Å². The van der Waals surface area contributed by atoms with E-state index in [1.54, 1.807) is 0 Å². The molecule has 0 aromatic heterocycles. The van der Waals surface area contributed by atoms with Crippen LogP contribution in [-0.2, 0) is 0 Å². The lowest BCUT2D eigenvalue weighted by Crippen LogP contribution is -1.59. The minimum Gasteiger partial charge on any atom is -0.280 e. The van der Waals surface area contributed by atoms with E-state index in [1.807, 2.05) is 0 Å². The van der Waals surface area contributed by atoms with E-state index in [4.69, 9.17) is 0 Å². The van der Waals surface area contributed by atoms with Crippen molar-refractivity contribution < 1.29 is 0 Å². The molecular weight excluding hydrogens is 428 g/mol. The van der Waals surface area contributed by atoms with Crippen LogP contribution in [0.25, 0.3) is 0 Å². The topological polar surface area (TPSA) is 0 Å². The van der Waals surface area contributed by atoms with Crippen molar-refractivity contribution in [3.8, 4) is 0 Å². The standard InChI is InChI=1S/C5H12.4BrH.2Mg/c1-3-5-4-2;;;;;;/h3-5H2,1-2H3;4*1H;;/q;;;;;2*+2/p-4. The second-order valence-electron chi connectivity index (χ2n) is 1.56. The first-order valence-corrected chi connectivity index (χ1v) is 19.1. The molecule has 0 fully saturated rings. The molecule has 0 saturated heterocycles. The summed E-state index contributed by atoms with van der Waals surface area (Å²) in [5, 5.41) is 0. The molecule has 0 rings (SSSR count). The zero-order valence-electron chi connectivity index (χ0n) is 7.05. The molecule has 0 aromatic rings. The third kappa shape index (κ3) is 59.3. The molecule has 0 bridgehead atoms. The molecule has 0 spiro atoms. The van der Waals surface area contributed by atoms with E-state index in [0.717, 1.165) is 0 Å². The molecule has 0 aliphatic rings. The Morgan fingerprint density at radius 3 is 1.00 bits per heavy atom. The van der Waals surface area contributed by atoms with Crippen LogP contribution in [0.4, 0.5) is 0 Å². The van der Waals surface area contributed by atoms with Crippen molar-refractivity contribution in [2.75, 3.05) is 0 Å². The predicted octanol–water partition coefficient (Wildman–Crippen LogP) is 4.82. The second-order valence-corrected chi connectivity index (χ2v) is 17.7. The van der Waals surface area contributed by atoms with E-state index in [1.165, 1.54) is 19.3 Å². The molecule has 0 unspecified atom stereocenters. The minimum atomic E-state index is 0.0417. The normalized spacial score (nSPS) is 5.64. The van der Waals surface area contributed by atoms with Gasteiger partial charge in [-0.3, -0.25) is 51.5 Å². The summed E-state index contributed by atoms with van der Waals surface area (Å²) in [6.07, 6.45) is 4.08. The smallest absolute Gasteiger partial charge is 0.280 e. The molecule has 6 heteroatoms. The first kappa shape index (κ1) is 19.9. The molecule has 0 atom stereocenters. The van der Waals surface area contributed by atoms with Gasteiger partial charge in [-0.1, -0.05) is 33.1 Å². The van der Waals surface area contributed by atoms with Crippen LogP contribution in [0.15, 0.2) is 0 Å². The van der Waals surface area contributed by atoms with E-state index in [0.29, 0.717) is 0 Å². The third-order valence-corrected chi connectivity index (χ3v) is 0.707. The number of halogens is 4. The predicted molar refractivity (Wildman–Crippen MR) is 72.4 cm³/mol. The van der Waals surface area contributed by atoms with E-state index >= 15 is 0 Å². The Morgan fingerprint density at radius 2 is 1.00 bits per heavy atom. The van der Waals surface area contributed by atoms with Gasteiger partial charge in [0.1, 0.15) is 0 Å². The molecule has 0 nitrogen and oxygen atoms in total. The van der Waals surface area contributed by atoms with E-state index in [-0.39, 0.29) is 32.0 Å². The molecule has 0 aliphatic heterocycles. The summed E-state index contributed by atoms with van der Waals surface area (Å²) in [5.74, 6) is 0. The van der Waals surface area contributed by atoms with Crippen molar-refractivity contribution in [1.82, 2.24) is 0 Å². The van der Waals surface area contributed by atoms with Crippen molar-refractivity contribution in [3.63, 3.8) is 0 Å². The van der Waals surface area contributed by atoms with Gasteiger partial charge < -0.3 is 0 Å². The van der Waals surface area contributed by atoms with Gasteiger partial charge in [-0.25, -0.2) is 0 Å². The Labute approximate surface area is 114 Å². The highest BCUT2D eigenvalue weighted by Crippen LogP contribution is 1.88. The van der Waals surface area contributed by atoms with Gasteiger partial charge in [0, 0.05) is 0 Å². The number of unbranched alkanes of at least 4 members (excludes halogenated alkanes) is 2. The minimum absolute atomic E-state index is 0.0417. The molecule has 64 valence electrons. The molecule has 0 N–H and O–H groups in total. The van der Waals surface area contributed by atoms with Crippen LogP contribution in [0.5, 0.6) is 0 Å². The van der Waals surface area contributed by atoms with Gasteiger partial charge in [0.05, 0.1) is 0 Å². The molecule has 0 heterocycles. The van der Waals surface area contributed by atoms with Crippen LogP contribution in [0, 0.1) is 0 Å². The number of rotatable bonds is 2. The van der Waals surface area contributed by atoms with Gasteiger partial charge in [-0.15, -0.1) is 0 Å². The lowest BCUT2D eigenvalue weighted by atomic mass is 10.3. The highest BCUT2D eigenvalue weighted by molar-refractivity contribution is 9.47. The molecule has 11 heavy (non-hydrogen) atoms. The van der Waals surface area contributed by atoms with Gasteiger partial charge >= 0.3 is 32.0 Å². The van der Waals surface area contributed by atoms with Crippen molar-refractivity contribution in [1.29, 1.82) is 0 Å². The fourth-order valence-electron chi connectivity index (χ4n) is 0.354. The SMILES string of the molecule is CCCCC.[Br][Mg][Br].[Br][Mg][Br]. The molecule has 0 saturated carbocycles. The highest BCUT2D eigenvalue weighted by atomic mass is 79.9. The fraction of sp³-hybridized carbons (Fsp3) is 1.00. The van der Waals surface area contributed by atoms with E-state index < -0.39 is 0 Å². The summed E-state index contributed by atoms with van der Waals surface area (Å²) in [6.45, 7) is 4.42. The summed E-state index contributed by atoms with van der Waals surface area (Å²) in [5.41, 5.74) is 0. The van der Waals surface area contributed by atoms with Crippen LogP contribution < -0.4 is 0 Å². The van der Waals surface area contributed by atoms with Crippen LogP contribution in [0.3, 0.4) is 0 Å². The van der Waals surface area contributed by atoms with Crippen molar-refractivity contribution in [2.24, 2.45) is 0 Å². The van der Waals surface area contributed by atoms with Crippen molar-refractivity contribution in [3.05, 3.63) is 0 Å². The summed E-state index contributed by atoms with van der Waals surface area (Å²) in [4.78, 5) is 0. The first-order chi connectivity index (χ1) is 5.24. The van der Waals surface area contributed by atoms with Gasteiger partial charge in [0.15, 0.2) is 0 Å². The maximum Gasteiger partial charge on any atom is 0.560 e. The fourth-order valence-corrected chi connectivity index (χ4v) is 0.354. The lowest BCUT2D eigenvalue weighted by molar-refractivity contribution is 0.772. The monoisotopic (exact) mass is 436 g/mol. The van der Waals surface area contributed by atoms with Gasteiger partial charge in [-0.2, -0.15) is 0 Å². The number of hydrogen-bond acceptors (Lipinski definition) is 0. The summed E-state index contributed by atoms with van der Waals surface area (Å²) in [6, 6.07) is 0. The summed E-state index contributed by atoms with van der Waals surface area (Å²) >= 11 is 12.9. The zero-order chi connectivity index (χ0) is 9.54. The van der Waals surface area contributed by atoms with Gasteiger partial charge in [0.2, 0.25) is 0 Å². The van der Waals surface area contributed by atoms with Crippen LogP contribution >= 0.6 is 51.5 Å². The van der Waals surface area contributed by atoms with Crippen molar-refractivity contribution in [2.45, 2.75) is 33.1 Å². The Balaban J connectivity index is -0.0000000933. The zero-order valence-corrected chi connectivity index (χ0v) is 16.2. The van der Waals surface area contributed by atoms with Crippen LogP contribution in [0.2, 0.25) is 0 Å². The molecule has 0 amide bonds. The van der Waals surface area contributed by atoms with E-state index in [2.05, 4.69) is 65.4 Å². The average molecular weight is 440 g/mol. The summed E-state index contributed by atoms with van der Waals surface area (Å²) in [7, 11) is 0. The Kier molecular flexibility index (Phi) is 52.9. The van der Waals surface area contributed by atoms with Gasteiger partial charge in [0.25, 0.3) is 0 Å². The largest absolute Gasteiger partial charge is 0.560 e. The second kappa shape index (κ2) is 29.2. The molecule has 0 aliphatic carbocycles. The van der Waals surface area contributed by atoms with Crippen LogP contribution in [0.1, 0.15) is 33.1 Å². The maximum absolute atomic E-state index is 3.20.